The van der Waals surface area contributed by atoms with Crippen LogP contribution in [0.4, 0.5) is 0 Å². The van der Waals surface area contributed by atoms with Gasteiger partial charge >= 0.3 is 0 Å². The summed E-state index contributed by atoms with van der Waals surface area (Å²) in [6.45, 7) is 8.97. The normalized spacial score (nSPS) is 52.5. The van der Waals surface area contributed by atoms with Crippen LogP contribution in [0.15, 0.2) is 11.6 Å². The first-order valence-corrected chi connectivity index (χ1v) is 9.41. The monoisotopic (exact) mass is 322 g/mol. The molecule has 0 radical (unpaired) electrons. The number of aliphatic hydroxyl groups is 3. The van der Waals surface area contributed by atoms with Gasteiger partial charge in [0.1, 0.15) is 0 Å². The van der Waals surface area contributed by atoms with Crippen LogP contribution in [-0.4, -0.2) is 33.6 Å². The van der Waals surface area contributed by atoms with Crippen molar-refractivity contribution < 1.29 is 15.3 Å². The highest BCUT2D eigenvalue weighted by Crippen LogP contribution is 2.58. The van der Waals surface area contributed by atoms with Gasteiger partial charge in [0.25, 0.3) is 0 Å². The van der Waals surface area contributed by atoms with Crippen molar-refractivity contribution in [2.45, 2.75) is 71.5 Å². The zero-order valence-corrected chi connectivity index (χ0v) is 15.1. The third kappa shape index (κ3) is 2.79. The van der Waals surface area contributed by atoms with Crippen LogP contribution in [0.2, 0.25) is 0 Å². The number of aliphatic hydroxyl groups excluding tert-OH is 2. The van der Waals surface area contributed by atoms with Gasteiger partial charge in [-0.2, -0.15) is 0 Å². The van der Waals surface area contributed by atoms with Crippen LogP contribution in [0.25, 0.3) is 0 Å². The smallest absolute Gasteiger partial charge is 0.0709 e. The van der Waals surface area contributed by atoms with Crippen molar-refractivity contribution in [3.05, 3.63) is 11.6 Å². The summed E-state index contributed by atoms with van der Waals surface area (Å²) in [6, 6.07) is 0. The van der Waals surface area contributed by atoms with Crippen LogP contribution < -0.4 is 0 Å². The van der Waals surface area contributed by atoms with E-state index in [2.05, 4.69) is 26.8 Å². The molecule has 0 aromatic heterocycles. The van der Waals surface area contributed by atoms with Crippen molar-refractivity contribution in [2.75, 3.05) is 6.61 Å². The van der Waals surface area contributed by atoms with Gasteiger partial charge in [0.05, 0.1) is 11.7 Å². The van der Waals surface area contributed by atoms with E-state index < -0.39 is 11.7 Å². The number of allylic oxidation sites excluding steroid dienone is 1. The minimum Gasteiger partial charge on any atom is -0.396 e. The first-order valence-electron chi connectivity index (χ1n) is 9.41. The average Bonchev–Trinajstić information content (AvgIpc) is 2.93. The highest BCUT2D eigenvalue weighted by Gasteiger charge is 2.55. The number of rotatable bonds is 2. The Morgan fingerprint density at radius 1 is 1.30 bits per heavy atom. The SMILES string of the molecule is CC(C)[C@H]1CC[C@]2(C)C[C@@H]3[C@H](CO)C[C@@H](O)[C@H]3[C@@](C)(O)C/C=C/12. The molecule has 3 nitrogen and oxygen atoms in total. The maximum absolute atomic E-state index is 11.1. The molecule has 132 valence electrons. The molecular formula is C20H34O3. The Labute approximate surface area is 140 Å². The lowest BCUT2D eigenvalue weighted by atomic mass is 9.64. The van der Waals surface area contributed by atoms with E-state index >= 15 is 0 Å². The standard InChI is InChI=1S/C20H34O3/c1-12(2)14-5-7-19(3)10-15-13(11-21)9-17(22)18(15)20(4,23)8-6-16(14)19/h6,12-15,17-18,21-23H,5,7-11H2,1-4H3/b16-6-/t13-,14+,15+,17+,18-,19+,20-/m0/s1. The van der Waals surface area contributed by atoms with E-state index in [1.165, 1.54) is 18.4 Å². The fraction of sp³-hybridized carbons (Fsp3) is 0.900. The first kappa shape index (κ1) is 17.4. The van der Waals surface area contributed by atoms with Crippen molar-refractivity contribution in [1.82, 2.24) is 0 Å². The molecule has 2 fully saturated rings. The Balaban J connectivity index is 2.01. The van der Waals surface area contributed by atoms with Crippen LogP contribution in [0.5, 0.6) is 0 Å². The van der Waals surface area contributed by atoms with E-state index in [1.807, 2.05) is 6.92 Å². The fourth-order valence-corrected chi connectivity index (χ4v) is 6.09. The summed E-state index contributed by atoms with van der Waals surface area (Å²) in [6.07, 6.45) is 6.47. The molecule has 2 saturated carbocycles. The van der Waals surface area contributed by atoms with Crippen molar-refractivity contribution in [3.63, 3.8) is 0 Å². The summed E-state index contributed by atoms with van der Waals surface area (Å²) in [4.78, 5) is 0. The van der Waals surface area contributed by atoms with E-state index in [0.29, 0.717) is 24.7 Å². The Hall–Kier alpha value is -0.380. The Bertz CT molecular complexity index is 481. The average molecular weight is 322 g/mol. The van der Waals surface area contributed by atoms with Gasteiger partial charge in [-0.15, -0.1) is 0 Å². The van der Waals surface area contributed by atoms with E-state index in [4.69, 9.17) is 0 Å². The molecule has 0 bridgehead atoms. The van der Waals surface area contributed by atoms with Crippen LogP contribution >= 0.6 is 0 Å². The molecule has 0 heterocycles. The van der Waals surface area contributed by atoms with E-state index in [9.17, 15) is 15.3 Å². The molecule has 7 atom stereocenters. The second kappa shape index (κ2) is 5.86. The van der Waals surface area contributed by atoms with E-state index in [1.54, 1.807) is 0 Å². The van der Waals surface area contributed by atoms with Gasteiger partial charge in [-0.3, -0.25) is 0 Å². The molecule has 0 aromatic carbocycles. The predicted molar refractivity (Wildman–Crippen MR) is 91.8 cm³/mol. The molecule has 3 heteroatoms. The second-order valence-corrected chi connectivity index (χ2v) is 9.31. The highest BCUT2D eigenvalue weighted by atomic mass is 16.3. The quantitative estimate of drug-likeness (QED) is 0.685. The molecule has 0 aromatic rings. The summed E-state index contributed by atoms with van der Waals surface area (Å²) < 4.78 is 0. The molecule has 0 unspecified atom stereocenters. The molecule has 3 aliphatic rings. The van der Waals surface area contributed by atoms with Gasteiger partial charge in [0.2, 0.25) is 0 Å². The largest absolute Gasteiger partial charge is 0.396 e. The van der Waals surface area contributed by atoms with Crippen LogP contribution in [-0.2, 0) is 0 Å². The Morgan fingerprint density at radius 2 is 2.00 bits per heavy atom. The summed E-state index contributed by atoms with van der Waals surface area (Å²) in [7, 11) is 0. The lowest BCUT2D eigenvalue weighted by molar-refractivity contribution is -0.0709. The van der Waals surface area contributed by atoms with Crippen molar-refractivity contribution in [3.8, 4) is 0 Å². The summed E-state index contributed by atoms with van der Waals surface area (Å²) in [5.41, 5.74) is 0.822. The van der Waals surface area contributed by atoms with Crippen LogP contribution in [0.3, 0.4) is 0 Å². The zero-order valence-electron chi connectivity index (χ0n) is 15.1. The molecule has 0 amide bonds. The maximum Gasteiger partial charge on any atom is 0.0709 e. The van der Waals surface area contributed by atoms with Gasteiger partial charge in [0.15, 0.2) is 0 Å². The third-order valence-corrected chi connectivity index (χ3v) is 7.31. The van der Waals surface area contributed by atoms with Gasteiger partial charge in [-0.05, 0) is 68.1 Å². The lowest BCUT2D eigenvalue weighted by Gasteiger charge is -2.43. The predicted octanol–water partition coefficient (Wildman–Crippen LogP) is 3.14. The Morgan fingerprint density at radius 3 is 2.61 bits per heavy atom. The maximum atomic E-state index is 11.1. The zero-order chi connectivity index (χ0) is 17.0. The Kier molecular flexibility index (Phi) is 4.44. The molecule has 3 rings (SSSR count). The van der Waals surface area contributed by atoms with Gasteiger partial charge in [-0.25, -0.2) is 0 Å². The molecule has 0 aliphatic heterocycles. The van der Waals surface area contributed by atoms with Gasteiger partial charge < -0.3 is 15.3 Å². The first-order chi connectivity index (χ1) is 10.7. The lowest BCUT2D eigenvalue weighted by Crippen LogP contribution is -2.45. The third-order valence-electron chi connectivity index (χ3n) is 7.31. The molecule has 3 N–H and O–H groups in total. The number of hydrogen-bond acceptors (Lipinski definition) is 3. The van der Waals surface area contributed by atoms with Crippen LogP contribution in [0, 0.1) is 35.0 Å². The van der Waals surface area contributed by atoms with E-state index in [0.717, 1.165) is 6.42 Å². The van der Waals surface area contributed by atoms with Crippen molar-refractivity contribution in [2.24, 2.45) is 35.0 Å². The topological polar surface area (TPSA) is 60.7 Å². The van der Waals surface area contributed by atoms with Crippen molar-refractivity contribution in [1.29, 1.82) is 0 Å². The highest BCUT2D eigenvalue weighted by molar-refractivity contribution is 5.26. The molecule has 0 saturated heterocycles. The summed E-state index contributed by atoms with van der Waals surface area (Å²) in [5.74, 6) is 1.46. The van der Waals surface area contributed by atoms with Crippen molar-refractivity contribution >= 4 is 0 Å². The molecular weight excluding hydrogens is 288 g/mol. The number of fused-ring (bicyclic) bond motifs is 2. The van der Waals surface area contributed by atoms with Gasteiger partial charge in [0, 0.05) is 12.5 Å². The molecule has 0 spiro atoms. The fourth-order valence-electron chi connectivity index (χ4n) is 6.09. The minimum atomic E-state index is -0.882. The molecule has 23 heavy (non-hydrogen) atoms. The summed E-state index contributed by atoms with van der Waals surface area (Å²) >= 11 is 0. The molecule has 3 aliphatic carbocycles. The van der Waals surface area contributed by atoms with E-state index in [-0.39, 0.29) is 29.8 Å². The minimum absolute atomic E-state index is 0.118. The number of hydrogen-bond donors (Lipinski definition) is 3. The van der Waals surface area contributed by atoms with Gasteiger partial charge in [-0.1, -0.05) is 32.4 Å². The van der Waals surface area contributed by atoms with Crippen LogP contribution in [0.1, 0.15) is 59.8 Å². The second-order valence-electron chi connectivity index (χ2n) is 9.31. The summed E-state index contributed by atoms with van der Waals surface area (Å²) in [5, 5.41) is 31.4.